The molecule has 0 saturated carbocycles. The normalized spacial score (nSPS) is 10.9. The Bertz CT molecular complexity index is 876. The number of aryl methyl sites for hydroxylation is 1. The molecule has 2 heterocycles. The van der Waals surface area contributed by atoms with E-state index < -0.39 is 0 Å². The van der Waals surface area contributed by atoms with Crippen molar-refractivity contribution in [1.29, 1.82) is 0 Å². The molecule has 0 bridgehead atoms. The zero-order valence-corrected chi connectivity index (χ0v) is 13.5. The number of aromatic nitrogens is 1. The van der Waals surface area contributed by atoms with Crippen LogP contribution in [-0.2, 0) is 11.3 Å². The third-order valence-corrected chi connectivity index (χ3v) is 4.70. The van der Waals surface area contributed by atoms with Gasteiger partial charge in [0.25, 0.3) is 5.91 Å². The van der Waals surface area contributed by atoms with E-state index in [1.165, 1.54) is 24.5 Å². The summed E-state index contributed by atoms with van der Waals surface area (Å²) >= 11 is 1.25. The third kappa shape index (κ3) is 2.95. The summed E-state index contributed by atoms with van der Waals surface area (Å²) in [5.41, 5.74) is 1.43. The number of hydrogen-bond donors (Lipinski definition) is 1. The zero-order valence-electron chi connectivity index (χ0n) is 12.7. The van der Waals surface area contributed by atoms with Crippen molar-refractivity contribution >= 4 is 33.1 Å². The Kier molecular flexibility index (Phi) is 4.36. The highest BCUT2D eigenvalue weighted by atomic mass is 32.1. The molecular weight excluding hydrogens is 315 g/mol. The molecule has 2 aromatic heterocycles. The van der Waals surface area contributed by atoms with Crippen LogP contribution in [0.25, 0.3) is 10.1 Å². The Morgan fingerprint density at radius 3 is 2.91 bits per heavy atom. The van der Waals surface area contributed by atoms with Crippen LogP contribution in [0.1, 0.15) is 20.8 Å². The van der Waals surface area contributed by atoms with Gasteiger partial charge in [-0.05, 0) is 30.7 Å². The second-order valence-corrected chi connectivity index (χ2v) is 6.13. The molecule has 0 radical (unpaired) electrons. The number of methoxy groups -OCH3 is 1. The second-order valence-electron chi connectivity index (χ2n) is 5.08. The van der Waals surface area contributed by atoms with Gasteiger partial charge in [0.2, 0.25) is 0 Å². The number of thiophene rings is 1. The van der Waals surface area contributed by atoms with Crippen LogP contribution in [0, 0.1) is 12.7 Å². The maximum Gasteiger partial charge on any atom is 0.267 e. The minimum absolute atomic E-state index is 0.172. The number of nitrogens with one attached hydrogen (secondary N) is 1. The molecule has 0 saturated heterocycles. The van der Waals surface area contributed by atoms with Gasteiger partial charge in [0, 0.05) is 29.0 Å². The van der Waals surface area contributed by atoms with E-state index >= 15 is 0 Å². The lowest BCUT2D eigenvalue weighted by Gasteiger charge is -2.07. The van der Waals surface area contributed by atoms with Crippen LogP contribution in [0.2, 0.25) is 0 Å². The van der Waals surface area contributed by atoms with Gasteiger partial charge in [-0.15, -0.1) is 11.3 Å². The first-order valence-corrected chi connectivity index (χ1v) is 7.85. The number of rotatable bonds is 4. The standard InChI is InChI=1S/C17H15FN2O2S/c1-10-5-4-8-19-16(10)20-17(21)15-11(9-22-2)14-12(18)6-3-7-13(14)23-15/h3-8H,9H2,1-2H3,(H,19,20,21). The van der Waals surface area contributed by atoms with Gasteiger partial charge >= 0.3 is 0 Å². The number of anilines is 1. The van der Waals surface area contributed by atoms with Gasteiger partial charge in [-0.25, -0.2) is 9.37 Å². The Morgan fingerprint density at radius 2 is 2.17 bits per heavy atom. The minimum Gasteiger partial charge on any atom is -0.380 e. The fourth-order valence-corrected chi connectivity index (χ4v) is 3.53. The number of halogens is 1. The molecule has 6 heteroatoms. The highest BCUT2D eigenvalue weighted by Crippen LogP contribution is 2.34. The molecule has 1 N–H and O–H groups in total. The number of fused-ring (bicyclic) bond motifs is 1. The molecule has 0 atom stereocenters. The van der Waals surface area contributed by atoms with Crippen molar-refractivity contribution in [3.05, 3.63) is 58.3 Å². The van der Waals surface area contributed by atoms with Gasteiger partial charge in [0.1, 0.15) is 11.6 Å². The number of benzene rings is 1. The smallest absolute Gasteiger partial charge is 0.267 e. The fourth-order valence-electron chi connectivity index (χ4n) is 2.41. The first kappa shape index (κ1) is 15.6. The average Bonchev–Trinajstić information content (AvgIpc) is 2.90. The molecule has 3 rings (SSSR count). The predicted octanol–water partition coefficient (Wildman–Crippen LogP) is 4.14. The van der Waals surface area contributed by atoms with Gasteiger partial charge in [0.15, 0.2) is 0 Å². The largest absolute Gasteiger partial charge is 0.380 e. The summed E-state index contributed by atoms with van der Waals surface area (Å²) in [5, 5.41) is 3.23. The fraction of sp³-hybridized carbons (Fsp3) is 0.176. The van der Waals surface area contributed by atoms with E-state index in [0.717, 1.165) is 10.3 Å². The second kappa shape index (κ2) is 6.44. The molecule has 0 aliphatic carbocycles. The average molecular weight is 330 g/mol. The molecule has 23 heavy (non-hydrogen) atoms. The Balaban J connectivity index is 2.05. The van der Waals surface area contributed by atoms with Gasteiger partial charge in [-0.3, -0.25) is 4.79 Å². The predicted molar refractivity (Wildman–Crippen MR) is 89.4 cm³/mol. The lowest BCUT2D eigenvalue weighted by Crippen LogP contribution is -2.14. The van der Waals surface area contributed by atoms with Crippen molar-refractivity contribution in [2.24, 2.45) is 0 Å². The van der Waals surface area contributed by atoms with Crippen LogP contribution in [-0.4, -0.2) is 18.0 Å². The van der Waals surface area contributed by atoms with E-state index in [1.54, 1.807) is 24.4 Å². The molecule has 1 aromatic carbocycles. The highest BCUT2D eigenvalue weighted by Gasteiger charge is 2.21. The van der Waals surface area contributed by atoms with Crippen LogP contribution >= 0.6 is 11.3 Å². The zero-order chi connectivity index (χ0) is 16.4. The van der Waals surface area contributed by atoms with Crippen molar-refractivity contribution in [2.45, 2.75) is 13.5 Å². The van der Waals surface area contributed by atoms with Crippen molar-refractivity contribution in [3.8, 4) is 0 Å². The van der Waals surface area contributed by atoms with Gasteiger partial charge < -0.3 is 10.1 Å². The molecule has 0 aliphatic heterocycles. The van der Waals surface area contributed by atoms with Gasteiger partial charge in [-0.1, -0.05) is 12.1 Å². The summed E-state index contributed by atoms with van der Waals surface area (Å²) in [6, 6.07) is 8.48. The van der Waals surface area contributed by atoms with Crippen LogP contribution in [0.3, 0.4) is 0 Å². The molecule has 0 fully saturated rings. The molecule has 0 unspecified atom stereocenters. The van der Waals surface area contributed by atoms with Crippen LogP contribution in [0.5, 0.6) is 0 Å². The van der Waals surface area contributed by atoms with Crippen molar-refractivity contribution in [2.75, 3.05) is 12.4 Å². The maximum absolute atomic E-state index is 14.1. The number of ether oxygens (including phenoxy) is 1. The molecular formula is C17H15FN2O2S. The maximum atomic E-state index is 14.1. The SMILES string of the molecule is COCc1c(C(=O)Nc2ncccc2C)sc2cccc(F)c12. The number of nitrogens with zero attached hydrogens (tertiary/aromatic N) is 1. The van der Waals surface area contributed by atoms with E-state index in [0.29, 0.717) is 21.6 Å². The number of amides is 1. The van der Waals surface area contributed by atoms with Crippen LogP contribution < -0.4 is 5.32 Å². The third-order valence-electron chi connectivity index (χ3n) is 3.50. The number of carbonyl (C=O) groups excluding carboxylic acids is 1. The van der Waals surface area contributed by atoms with Crippen molar-refractivity contribution < 1.29 is 13.9 Å². The monoisotopic (exact) mass is 330 g/mol. The summed E-state index contributed by atoms with van der Waals surface area (Å²) in [6.45, 7) is 2.04. The molecule has 3 aromatic rings. The highest BCUT2D eigenvalue weighted by molar-refractivity contribution is 7.21. The molecule has 0 aliphatic rings. The summed E-state index contributed by atoms with van der Waals surface area (Å²) in [6.07, 6.45) is 1.61. The topological polar surface area (TPSA) is 51.2 Å². The van der Waals surface area contributed by atoms with E-state index in [9.17, 15) is 9.18 Å². The van der Waals surface area contributed by atoms with Crippen molar-refractivity contribution in [3.63, 3.8) is 0 Å². The van der Waals surface area contributed by atoms with Gasteiger partial charge in [0.05, 0.1) is 11.5 Å². The lowest BCUT2D eigenvalue weighted by atomic mass is 10.1. The number of hydrogen-bond acceptors (Lipinski definition) is 4. The molecule has 1 amide bonds. The summed E-state index contributed by atoms with van der Waals surface area (Å²) in [4.78, 5) is 17.2. The Labute approximate surface area is 136 Å². The quantitative estimate of drug-likeness (QED) is 0.782. The summed E-state index contributed by atoms with van der Waals surface area (Å²) in [5.74, 6) is -0.155. The van der Waals surface area contributed by atoms with Gasteiger partial charge in [-0.2, -0.15) is 0 Å². The van der Waals surface area contributed by atoms with Crippen LogP contribution in [0.4, 0.5) is 10.2 Å². The first-order valence-electron chi connectivity index (χ1n) is 7.03. The molecule has 118 valence electrons. The van der Waals surface area contributed by atoms with E-state index in [1.807, 2.05) is 13.0 Å². The summed E-state index contributed by atoms with van der Waals surface area (Å²) in [7, 11) is 1.52. The summed E-state index contributed by atoms with van der Waals surface area (Å²) < 4.78 is 20.0. The minimum atomic E-state index is -0.348. The molecule has 0 spiro atoms. The Morgan fingerprint density at radius 1 is 1.35 bits per heavy atom. The number of carbonyl (C=O) groups is 1. The van der Waals surface area contributed by atoms with Crippen molar-refractivity contribution in [1.82, 2.24) is 4.98 Å². The Hall–Kier alpha value is -2.31. The van der Waals surface area contributed by atoms with Crippen LogP contribution in [0.15, 0.2) is 36.5 Å². The number of pyridine rings is 1. The van der Waals surface area contributed by atoms with E-state index in [2.05, 4.69) is 10.3 Å². The lowest BCUT2D eigenvalue weighted by molar-refractivity contribution is 0.102. The molecule has 4 nitrogen and oxygen atoms in total. The van der Waals surface area contributed by atoms with E-state index in [-0.39, 0.29) is 18.3 Å². The first-order chi connectivity index (χ1) is 11.1. The van der Waals surface area contributed by atoms with E-state index in [4.69, 9.17) is 4.74 Å².